The monoisotopic (exact) mass is 404 g/mol. The highest BCUT2D eigenvalue weighted by molar-refractivity contribution is 7.92. The van der Waals surface area contributed by atoms with E-state index >= 15 is 0 Å². The maximum absolute atomic E-state index is 12.3. The lowest BCUT2D eigenvalue weighted by molar-refractivity contribution is -0.119. The average molecular weight is 405 g/mol. The number of aryl methyl sites for hydroxylation is 2. The van der Waals surface area contributed by atoms with Crippen molar-refractivity contribution in [1.29, 1.82) is 0 Å². The zero-order valence-corrected chi connectivity index (χ0v) is 17.7. The van der Waals surface area contributed by atoms with Gasteiger partial charge in [-0.05, 0) is 55.2 Å². The van der Waals surface area contributed by atoms with Crippen molar-refractivity contribution in [1.82, 2.24) is 5.32 Å². The number of ether oxygens (including phenoxy) is 1. The number of benzene rings is 2. The summed E-state index contributed by atoms with van der Waals surface area (Å²) >= 11 is 0. The van der Waals surface area contributed by atoms with Crippen LogP contribution in [-0.4, -0.2) is 40.3 Å². The van der Waals surface area contributed by atoms with Crippen LogP contribution in [0.4, 0.5) is 5.69 Å². The quantitative estimate of drug-likeness (QED) is 0.652. The van der Waals surface area contributed by atoms with Gasteiger partial charge in [-0.1, -0.05) is 31.2 Å². The summed E-state index contributed by atoms with van der Waals surface area (Å²) in [6, 6.07) is 13.0. The summed E-state index contributed by atoms with van der Waals surface area (Å²) in [7, 11) is -3.58. The Morgan fingerprint density at radius 3 is 2.39 bits per heavy atom. The van der Waals surface area contributed by atoms with E-state index in [0.29, 0.717) is 18.8 Å². The second-order valence-electron chi connectivity index (χ2n) is 6.69. The second-order valence-corrected chi connectivity index (χ2v) is 8.59. The Kier molecular flexibility index (Phi) is 7.45. The smallest absolute Gasteiger partial charge is 0.240 e. The maximum Gasteiger partial charge on any atom is 0.240 e. The Labute approximate surface area is 167 Å². The number of sulfonamides is 1. The number of hydrogen-bond donors (Lipinski definition) is 1. The van der Waals surface area contributed by atoms with Gasteiger partial charge < -0.3 is 10.1 Å². The fraction of sp³-hybridized carbons (Fsp3) is 0.381. The Balaban J connectivity index is 1.92. The third-order valence-electron chi connectivity index (χ3n) is 4.56. The van der Waals surface area contributed by atoms with Crippen molar-refractivity contribution in [2.75, 3.05) is 30.3 Å². The summed E-state index contributed by atoms with van der Waals surface area (Å²) in [6.07, 6.45) is 1.96. The molecule has 0 aliphatic rings. The Bertz CT molecular complexity index is 909. The first-order chi connectivity index (χ1) is 13.2. The number of anilines is 1. The van der Waals surface area contributed by atoms with Crippen molar-refractivity contribution in [2.24, 2.45) is 0 Å². The number of rotatable bonds is 9. The minimum atomic E-state index is -3.58. The van der Waals surface area contributed by atoms with Crippen LogP contribution in [0.15, 0.2) is 42.5 Å². The van der Waals surface area contributed by atoms with Gasteiger partial charge in [0, 0.05) is 0 Å². The summed E-state index contributed by atoms with van der Waals surface area (Å²) < 4.78 is 31.1. The van der Waals surface area contributed by atoms with E-state index in [-0.39, 0.29) is 12.5 Å². The van der Waals surface area contributed by atoms with Gasteiger partial charge in [-0.3, -0.25) is 9.10 Å². The van der Waals surface area contributed by atoms with Crippen LogP contribution in [0.25, 0.3) is 0 Å². The van der Waals surface area contributed by atoms with Crippen molar-refractivity contribution in [3.63, 3.8) is 0 Å². The summed E-state index contributed by atoms with van der Waals surface area (Å²) in [5, 5.41) is 2.71. The molecule has 1 N–H and O–H groups in total. The van der Waals surface area contributed by atoms with Crippen LogP contribution >= 0.6 is 0 Å². The van der Waals surface area contributed by atoms with E-state index in [1.165, 1.54) is 0 Å². The first-order valence-corrected chi connectivity index (χ1v) is 11.1. The van der Waals surface area contributed by atoms with E-state index in [4.69, 9.17) is 4.74 Å². The molecule has 0 aliphatic heterocycles. The lowest BCUT2D eigenvalue weighted by Gasteiger charge is -2.22. The highest BCUT2D eigenvalue weighted by atomic mass is 32.2. The van der Waals surface area contributed by atoms with Gasteiger partial charge in [-0.25, -0.2) is 8.42 Å². The number of nitrogens with one attached hydrogen (secondary N) is 1. The van der Waals surface area contributed by atoms with E-state index in [1.54, 1.807) is 12.1 Å². The van der Waals surface area contributed by atoms with Crippen molar-refractivity contribution in [3.05, 3.63) is 59.2 Å². The van der Waals surface area contributed by atoms with Crippen LogP contribution in [0.2, 0.25) is 0 Å². The van der Waals surface area contributed by atoms with Crippen LogP contribution in [0.3, 0.4) is 0 Å². The fourth-order valence-corrected chi connectivity index (χ4v) is 3.57. The molecule has 0 unspecified atom stereocenters. The lowest BCUT2D eigenvalue weighted by atomic mass is 10.1. The second kappa shape index (κ2) is 9.59. The van der Waals surface area contributed by atoms with E-state index < -0.39 is 10.0 Å². The molecule has 0 aromatic heterocycles. The molecule has 2 aromatic carbocycles. The highest BCUT2D eigenvalue weighted by Gasteiger charge is 2.20. The van der Waals surface area contributed by atoms with Crippen molar-refractivity contribution in [3.8, 4) is 5.75 Å². The molecule has 0 bridgehead atoms. The Morgan fingerprint density at radius 1 is 1.11 bits per heavy atom. The standard InChI is InChI=1S/C21H28N2O4S/c1-5-18-9-11-19(12-10-18)23(28(4,25)26)15-21(24)22-13-14-27-20-8-6-7-16(2)17(20)3/h6-12H,5,13-15H2,1-4H3,(H,22,24). The molecule has 1 amide bonds. The molecule has 7 heteroatoms. The summed E-state index contributed by atoms with van der Waals surface area (Å²) in [5.41, 5.74) is 3.78. The molecule has 2 aromatic rings. The first kappa shape index (κ1) is 21.8. The van der Waals surface area contributed by atoms with Gasteiger partial charge in [0.2, 0.25) is 15.9 Å². The van der Waals surface area contributed by atoms with Crippen LogP contribution in [-0.2, 0) is 21.2 Å². The first-order valence-electron chi connectivity index (χ1n) is 9.24. The molecule has 0 saturated heterocycles. The molecule has 6 nitrogen and oxygen atoms in total. The molecule has 0 radical (unpaired) electrons. The van der Waals surface area contributed by atoms with Crippen LogP contribution in [0.1, 0.15) is 23.6 Å². The number of carbonyl (C=O) groups excluding carboxylic acids is 1. The number of nitrogens with zero attached hydrogens (tertiary/aromatic N) is 1. The average Bonchev–Trinajstić information content (AvgIpc) is 2.65. The number of hydrogen-bond acceptors (Lipinski definition) is 4. The van der Waals surface area contributed by atoms with E-state index in [0.717, 1.165) is 39.4 Å². The summed E-state index contributed by atoms with van der Waals surface area (Å²) in [4.78, 5) is 12.3. The zero-order chi connectivity index (χ0) is 20.7. The topological polar surface area (TPSA) is 75.7 Å². The Morgan fingerprint density at radius 2 is 1.79 bits per heavy atom. The normalized spacial score (nSPS) is 11.1. The maximum atomic E-state index is 12.3. The molecule has 152 valence electrons. The number of carbonyl (C=O) groups is 1. The van der Waals surface area contributed by atoms with Gasteiger partial charge in [0.25, 0.3) is 0 Å². The lowest BCUT2D eigenvalue weighted by Crippen LogP contribution is -2.41. The SMILES string of the molecule is CCc1ccc(N(CC(=O)NCCOc2cccc(C)c2C)S(C)(=O)=O)cc1. The van der Waals surface area contributed by atoms with Gasteiger partial charge in [-0.2, -0.15) is 0 Å². The third-order valence-corrected chi connectivity index (χ3v) is 5.70. The minimum Gasteiger partial charge on any atom is -0.491 e. The van der Waals surface area contributed by atoms with Crippen LogP contribution in [0, 0.1) is 13.8 Å². The fourth-order valence-electron chi connectivity index (χ4n) is 2.72. The van der Waals surface area contributed by atoms with Gasteiger partial charge in [0.15, 0.2) is 0 Å². The van der Waals surface area contributed by atoms with Crippen LogP contribution in [0.5, 0.6) is 5.75 Å². The summed E-state index contributed by atoms with van der Waals surface area (Å²) in [5.74, 6) is 0.401. The molecule has 0 aliphatic carbocycles. The molecule has 0 saturated carbocycles. The summed E-state index contributed by atoms with van der Waals surface area (Å²) in [6.45, 7) is 6.34. The molecule has 0 fully saturated rings. The van der Waals surface area contributed by atoms with Crippen molar-refractivity contribution in [2.45, 2.75) is 27.2 Å². The Hall–Kier alpha value is -2.54. The molecular formula is C21H28N2O4S. The minimum absolute atomic E-state index is 0.270. The van der Waals surface area contributed by atoms with E-state index in [2.05, 4.69) is 5.32 Å². The zero-order valence-electron chi connectivity index (χ0n) is 16.9. The van der Waals surface area contributed by atoms with Gasteiger partial charge in [0.05, 0.1) is 18.5 Å². The van der Waals surface area contributed by atoms with Crippen molar-refractivity contribution >= 4 is 21.6 Å². The molecule has 0 atom stereocenters. The predicted octanol–water partition coefficient (Wildman–Crippen LogP) is 2.83. The molecular weight excluding hydrogens is 376 g/mol. The van der Waals surface area contributed by atoms with Gasteiger partial charge >= 0.3 is 0 Å². The predicted molar refractivity (Wildman–Crippen MR) is 112 cm³/mol. The third kappa shape index (κ3) is 5.99. The molecule has 0 spiro atoms. The van der Waals surface area contributed by atoms with Gasteiger partial charge in [-0.15, -0.1) is 0 Å². The van der Waals surface area contributed by atoms with Crippen molar-refractivity contribution < 1.29 is 17.9 Å². The van der Waals surface area contributed by atoms with E-state index in [1.807, 2.05) is 51.1 Å². The molecule has 0 heterocycles. The van der Waals surface area contributed by atoms with Gasteiger partial charge in [0.1, 0.15) is 18.9 Å². The van der Waals surface area contributed by atoms with Crippen LogP contribution < -0.4 is 14.4 Å². The molecule has 28 heavy (non-hydrogen) atoms. The molecule has 2 rings (SSSR count). The largest absolute Gasteiger partial charge is 0.491 e. The highest BCUT2D eigenvalue weighted by Crippen LogP contribution is 2.20. The number of amides is 1. The van der Waals surface area contributed by atoms with E-state index in [9.17, 15) is 13.2 Å².